The maximum atomic E-state index is 12.5. The summed E-state index contributed by atoms with van der Waals surface area (Å²) in [5.41, 5.74) is 0.885. The van der Waals surface area contributed by atoms with Crippen LogP contribution >= 0.6 is 11.3 Å². The standard InChI is InChI=1S/C15H14N4O2S/c20-13-10-3-1-2-4-11(10)14(21)19(13)15-18-17-12(22-15)9-5-7-16-8-6-9/h5-8,10-11H,1-4H2. The SMILES string of the molecule is O=C1C2CCCCC2C(=O)N1c1nnc(-c2ccncc2)s1. The van der Waals surface area contributed by atoms with Crippen molar-refractivity contribution < 1.29 is 9.59 Å². The molecule has 0 spiro atoms. The van der Waals surface area contributed by atoms with Gasteiger partial charge in [-0.3, -0.25) is 14.6 Å². The van der Waals surface area contributed by atoms with E-state index in [-0.39, 0.29) is 23.7 Å². The first-order chi connectivity index (χ1) is 10.8. The maximum absolute atomic E-state index is 12.5. The van der Waals surface area contributed by atoms with Crippen molar-refractivity contribution >= 4 is 28.3 Å². The Balaban J connectivity index is 1.66. The third-order valence-corrected chi connectivity index (χ3v) is 5.33. The van der Waals surface area contributed by atoms with Gasteiger partial charge in [0.15, 0.2) is 0 Å². The van der Waals surface area contributed by atoms with E-state index in [0.29, 0.717) is 10.1 Å². The van der Waals surface area contributed by atoms with Crippen LogP contribution in [-0.2, 0) is 9.59 Å². The Morgan fingerprint density at radius 2 is 1.64 bits per heavy atom. The van der Waals surface area contributed by atoms with Crippen molar-refractivity contribution in [1.82, 2.24) is 15.2 Å². The van der Waals surface area contributed by atoms with Crippen LogP contribution in [0.3, 0.4) is 0 Å². The summed E-state index contributed by atoms with van der Waals surface area (Å²) in [4.78, 5) is 30.3. The molecule has 6 nitrogen and oxygen atoms in total. The van der Waals surface area contributed by atoms with Crippen molar-refractivity contribution in [2.45, 2.75) is 25.7 Å². The molecule has 1 saturated carbocycles. The minimum Gasteiger partial charge on any atom is -0.274 e. The zero-order valence-corrected chi connectivity index (χ0v) is 12.6. The molecule has 0 radical (unpaired) electrons. The van der Waals surface area contributed by atoms with Crippen molar-refractivity contribution in [3.05, 3.63) is 24.5 Å². The molecule has 4 rings (SSSR count). The molecule has 0 N–H and O–H groups in total. The monoisotopic (exact) mass is 314 g/mol. The highest BCUT2D eigenvalue weighted by atomic mass is 32.1. The zero-order chi connectivity index (χ0) is 15.1. The van der Waals surface area contributed by atoms with Crippen molar-refractivity contribution in [1.29, 1.82) is 0 Å². The molecule has 3 heterocycles. The summed E-state index contributed by atoms with van der Waals surface area (Å²) in [6.07, 6.45) is 7.01. The minimum atomic E-state index is -0.158. The van der Waals surface area contributed by atoms with Gasteiger partial charge < -0.3 is 0 Å². The van der Waals surface area contributed by atoms with Gasteiger partial charge in [0.2, 0.25) is 16.9 Å². The first-order valence-corrected chi connectivity index (χ1v) is 8.19. The number of rotatable bonds is 2. The van der Waals surface area contributed by atoms with E-state index < -0.39 is 0 Å². The third-order valence-electron chi connectivity index (χ3n) is 4.37. The Labute approximate surface area is 131 Å². The smallest absolute Gasteiger partial charge is 0.239 e. The fraction of sp³-hybridized carbons (Fsp3) is 0.400. The van der Waals surface area contributed by atoms with Crippen molar-refractivity contribution in [3.63, 3.8) is 0 Å². The number of amides is 2. The molecule has 2 aromatic rings. The van der Waals surface area contributed by atoms with E-state index in [1.165, 1.54) is 16.2 Å². The van der Waals surface area contributed by atoms with Gasteiger partial charge in [0, 0.05) is 18.0 Å². The summed E-state index contributed by atoms with van der Waals surface area (Å²) in [6, 6.07) is 3.66. The number of hydrogen-bond donors (Lipinski definition) is 0. The molecule has 1 aliphatic heterocycles. The molecule has 2 aliphatic rings. The fourth-order valence-corrected chi connectivity index (χ4v) is 4.13. The molecule has 1 aliphatic carbocycles. The Morgan fingerprint density at radius 1 is 1.00 bits per heavy atom. The van der Waals surface area contributed by atoms with E-state index in [1.54, 1.807) is 12.4 Å². The number of anilines is 1. The summed E-state index contributed by atoms with van der Waals surface area (Å²) in [6.45, 7) is 0. The number of carbonyl (C=O) groups is 2. The van der Waals surface area contributed by atoms with Crippen LogP contribution in [0.1, 0.15) is 25.7 Å². The molecule has 0 bridgehead atoms. The van der Waals surface area contributed by atoms with Gasteiger partial charge in [-0.15, -0.1) is 10.2 Å². The number of fused-ring (bicyclic) bond motifs is 1. The predicted molar refractivity (Wildman–Crippen MR) is 81.1 cm³/mol. The molecule has 2 aromatic heterocycles. The van der Waals surface area contributed by atoms with Gasteiger partial charge in [-0.05, 0) is 25.0 Å². The Hall–Kier alpha value is -2.15. The average molecular weight is 314 g/mol. The summed E-state index contributed by atoms with van der Waals surface area (Å²) in [7, 11) is 0. The van der Waals surface area contributed by atoms with Crippen LogP contribution in [0.5, 0.6) is 0 Å². The quantitative estimate of drug-likeness (QED) is 0.795. The summed E-state index contributed by atoms with van der Waals surface area (Å²) in [5, 5.41) is 9.25. The molecule has 0 aromatic carbocycles. The molecule has 112 valence electrons. The van der Waals surface area contributed by atoms with Crippen molar-refractivity contribution in [2.75, 3.05) is 4.90 Å². The van der Waals surface area contributed by atoms with Crippen LogP contribution in [0.15, 0.2) is 24.5 Å². The lowest BCUT2D eigenvalue weighted by molar-refractivity contribution is -0.122. The van der Waals surface area contributed by atoms with E-state index in [4.69, 9.17) is 0 Å². The average Bonchev–Trinajstić information content (AvgIpc) is 3.13. The first kappa shape index (κ1) is 13.5. The summed E-state index contributed by atoms with van der Waals surface area (Å²) < 4.78 is 0. The molecule has 2 unspecified atom stereocenters. The summed E-state index contributed by atoms with van der Waals surface area (Å²) in [5.74, 6) is -0.525. The van der Waals surface area contributed by atoms with E-state index in [9.17, 15) is 9.59 Å². The second-order valence-corrected chi connectivity index (χ2v) is 6.59. The number of pyridine rings is 1. The van der Waals surface area contributed by atoms with Crippen molar-refractivity contribution in [2.24, 2.45) is 11.8 Å². The van der Waals surface area contributed by atoms with Gasteiger partial charge in [-0.25, -0.2) is 4.90 Å². The number of nitrogens with zero attached hydrogens (tertiary/aromatic N) is 4. The van der Waals surface area contributed by atoms with Crippen LogP contribution in [0.4, 0.5) is 5.13 Å². The molecule has 2 fully saturated rings. The normalized spacial score (nSPS) is 24.6. The molecule has 1 saturated heterocycles. The van der Waals surface area contributed by atoms with Gasteiger partial charge in [-0.1, -0.05) is 24.2 Å². The Bertz CT molecular complexity index is 706. The molecule has 7 heteroatoms. The van der Waals surface area contributed by atoms with Crippen molar-refractivity contribution in [3.8, 4) is 10.6 Å². The molecule has 2 atom stereocenters. The van der Waals surface area contributed by atoms with E-state index in [0.717, 1.165) is 31.2 Å². The lowest BCUT2D eigenvalue weighted by Gasteiger charge is -2.19. The highest BCUT2D eigenvalue weighted by Gasteiger charge is 2.49. The Morgan fingerprint density at radius 3 is 2.27 bits per heavy atom. The molecule has 22 heavy (non-hydrogen) atoms. The largest absolute Gasteiger partial charge is 0.274 e. The molecule has 2 amide bonds. The number of imide groups is 1. The van der Waals surface area contributed by atoms with Gasteiger partial charge in [-0.2, -0.15) is 0 Å². The van der Waals surface area contributed by atoms with Gasteiger partial charge in [0.1, 0.15) is 5.01 Å². The van der Waals surface area contributed by atoms with Crippen LogP contribution in [0.25, 0.3) is 10.6 Å². The third kappa shape index (κ3) is 2.04. The van der Waals surface area contributed by atoms with Gasteiger partial charge in [0.25, 0.3) is 0 Å². The van der Waals surface area contributed by atoms with Gasteiger partial charge >= 0.3 is 0 Å². The number of hydrogen-bond acceptors (Lipinski definition) is 6. The topological polar surface area (TPSA) is 76.1 Å². The van der Waals surface area contributed by atoms with Crippen LogP contribution in [-0.4, -0.2) is 27.0 Å². The van der Waals surface area contributed by atoms with E-state index >= 15 is 0 Å². The minimum absolute atomic E-state index is 0.105. The van der Waals surface area contributed by atoms with Gasteiger partial charge in [0.05, 0.1) is 11.8 Å². The second-order valence-electron chi connectivity index (χ2n) is 5.64. The lowest BCUT2D eigenvalue weighted by atomic mass is 9.81. The van der Waals surface area contributed by atoms with Crippen LogP contribution < -0.4 is 4.90 Å². The van der Waals surface area contributed by atoms with Crippen LogP contribution in [0.2, 0.25) is 0 Å². The van der Waals surface area contributed by atoms with Crippen LogP contribution in [0, 0.1) is 11.8 Å². The molecular weight excluding hydrogens is 300 g/mol. The number of aromatic nitrogens is 3. The number of carbonyl (C=O) groups excluding carboxylic acids is 2. The Kier molecular flexibility index (Phi) is 3.22. The summed E-state index contributed by atoms with van der Waals surface area (Å²) >= 11 is 1.27. The highest BCUT2D eigenvalue weighted by molar-refractivity contribution is 7.18. The zero-order valence-electron chi connectivity index (χ0n) is 11.8. The van der Waals surface area contributed by atoms with E-state index in [2.05, 4.69) is 15.2 Å². The predicted octanol–water partition coefficient (Wildman–Crippen LogP) is 2.28. The maximum Gasteiger partial charge on any atom is 0.239 e. The lowest BCUT2D eigenvalue weighted by Crippen LogP contribution is -2.30. The van der Waals surface area contributed by atoms with E-state index in [1.807, 2.05) is 12.1 Å². The highest BCUT2D eigenvalue weighted by Crippen LogP contribution is 2.41. The second kappa shape index (κ2) is 5.24. The first-order valence-electron chi connectivity index (χ1n) is 7.37. The fourth-order valence-electron chi connectivity index (χ4n) is 3.27. The molecular formula is C15H14N4O2S.